The third-order valence-electron chi connectivity index (χ3n) is 2.99. The molecule has 0 aliphatic rings. The van der Waals surface area contributed by atoms with E-state index in [1.807, 2.05) is 24.3 Å². The second-order valence-corrected chi connectivity index (χ2v) is 4.24. The molecule has 7 heteroatoms. The number of para-hydroxylation sites is 1. The van der Waals surface area contributed by atoms with Crippen molar-refractivity contribution >= 4 is 16.9 Å². The van der Waals surface area contributed by atoms with Crippen molar-refractivity contribution in [2.45, 2.75) is 0 Å². The summed E-state index contributed by atoms with van der Waals surface area (Å²) in [4.78, 5) is 15.7. The number of H-pyrrole nitrogens is 1. The monoisotopic (exact) mass is 280 g/mol. The molecule has 2 N–H and O–H groups in total. The lowest BCUT2D eigenvalue weighted by Gasteiger charge is -2.12. The molecule has 0 atom stereocenters. The van der Waals surface area contributed by atoms with Crippen molar-refractivity contribution in [3.63, 3.8) is 0 Å². The molecule has 7 nitrogen and oxygen atoms in total. The fourth-order valence-electron chi connectivity index (χ4n) is 2.11. The van der Waals surface area contributed by atoms with Crippen LogP contribution in [0, 0.1) is 11.3 Å². The van der Waals surface area contributed by atoms with E-state index in [1.165, 1.54) is 6.33 Å². The molecule has 0 saturated carbocycles. The van der Waals surface area contributed by atoms with Gasteiger partial charge in [0, 0.05) is 0 Å². The fraction of sp³-hybridized carbons (Fsp3) is 0.143. The number of rotatable bonds is 4. The Hall–Kier alpha value is -3.14. The van der Waals surface area contributed by atoms with E-state index in [4.69, 9.17) is 10.00 Å². The molecule has 2 heterocycles. The summed E-state index contributed by atoms with van der Waals surface area (Å²) in [7, 11) is 1.58. The number of methoxy groups -OCH3 is 1. The topological polar surface area (TPSA) is 99.5 Å². The lowest BCUT2D eigenvalue weighted by Crippen LogP contribution is -2.02. The summed E-state index contributed by atoms with van der Waals surface area (Å²) in [5.74, 6) is 1.27. The van der Waals surface area contributed by atoms with Crippen LogP contribution in [0.2, 0.25) is 0 Å². The van der Waals surface area contributed by atoms with Gasteiger partial charge in [-0.25, -0.2) is 15.0 Å². The maximum Gasteiger partial charge on any atom is 0.161 e. The van der Waals surface area contributed by atoms with Crippen molar-refractivity contribution in [1.29, 1.82) is 5.26 Å². The van der Waals surface area contributed by atoms with Crippen LogP contribution in [0.15, 0.2) is 30.7 Å². The van der Waals surface area contributed by atoms with Gasteiger partial charge in [0.2, 0.25) is 0 Å². The summed E-state index contributed by atoms with van der Waals surface area (Å²) in [5.41, 5.74) is 2.88. The van der Waals surface area contributed by atoms with E-state index in [1.54, 1.807) is 13.3 Å². The van der Waals surface area contributed by atoms with E-state index in [0.29, 0.717) is 22.7 Å². The number of nitrogens with one attached hydrogen (secondary N) is 2. The Morgan fingerprint density at radius 3 is 3.10 bits per heavy atom. The van der Waals surface area contributed by atoms with Gasteiger partial charge in [0.25, 0.3) is 0 Å². The minimum atomic E-state index is 0.200. The third-order valence-corrected chi connectivity index (χ3v) is 2.99. The molecule has 3 aromatic rings. The van der Waals surface area contributed by atoms with Crippen molar-refractivity contribution in [2.75, 3.05) is 19.0 Å². The summed E-state index contributed by atoms with van der Waals surface area (Å²) in [5, 5.41) is 11.7. The van der Waals surface area contributed by atoms with Gasteiger partial charge in [-0.2, -0.15) is 5.26 Å². The lowest BCUT2D eigenvalue weighted by molar-refractivity contribution is 0.418. The number of imidazole rings is 1. The van der Waals surface area contributed by atoms with Crippen molar-refractivity contribution in [3.05, 3.63) is 30.7 Å². The number of hydrogen-bond acceptors (Lipinski definition) is 6. The first-order valence-electron chi connectivity index (χ1n) is 6.27. The van der Waals surface area contributed by atoms with Gasteiger partial charge in [-0.05, 0) is 12.1 Å². The third kappa shape index (κ3) is 2.34. The molecule has 0 aliphatic carbocycles. The van der Waals surface area contributed by atoms with E-state index >= 15 is 0 Å². The second-order valence-electron chi connectivity index (χ2n) is 4.24. The summed E-state index contributed by atoms with van der Waals surface area (Å²) < 4.78 is 5.46. The van der Waals surface area contributed by atoms with Gasteiger partial charge in [-0.1, -0.05) is 6.07 Å². The van der Waals surface area contributed by atoms with Crippen LogP contribution in [0.3, 0.4) is 0 Å². The van der Waals surface area contributed by atoms with Crippen molar-refractivity contribution in [3.8, 4) is 23.2 Å². The number of anilines is 1. The Morgan fingerprint density at radius 1 is 1.43 bits per heavy atom. The summed E-state index contributed by atoms with van der Waals surface area (Å²) in [6, 6.07) is 7.65. The Kier molecular flexibility index (Phi) is 3.35. The van der Waals surface area contributed by atoms with Crippen LogP contribution < -0.4 is 10.1 Å². The van der Waals surface area contributed by atoms with E-state index in [-0.39, 0.29) is 6.54 Å². The average molecular weight is 280 g/mol. The predicted molar refractivity (Wildman–Crippen MR) is 77.8 cm³/mol. The number of fused-ring (bicyclic) bond motifs is 1. The largest absolute Gasteiger partial charge is 0.494 e. The van der Waals surface area contributed by atoms with Gasteiger partial charge >= 0.3 is 0 Å². The van der Waals surface area contributed by atoms with Crippen molar-refractivity contribution in [2.24, 2.45) is 0 Å². The normalized spacial score (nSPS) is 10.3. The summed E-state index contributed by atoms with van der Waals surface area (Å²) in [6.45, 7) is 0.200. The number of hydrogen-bond donors (Lipinski definition) is 2. The van der Waals surface area contributed by atoms with Gasteiger partial charge in [0.05, 0.1) is 30.6 Å². The molecule has 0 fully saturated rings. The SMILES string of the molecule is COc1c(NCC#N)cccc1-c1nc2cncnc2[nH]1. The first kappa shape index (κ1) is 12.9. The quantitative estimate of drug-likeness (QED) is 0.709. The van der Waals surface area contributed by atoms with Gasteiger partial charge in [-0.3, -0.25) is 0 Å². The molecule has 0 spiro atoms. The molecule has 21 heavy (non-hydrogen) atoms. The van der Waals surface area contributed by atoms with Crippen molar-refractivity contribution < 1.29 is 4.74 Å². The van der Waals surface area contributed by atoms with Crippen LogP contribution in [0.5, 0.6) is 5.75 Å². The maximum absolute atomic E-state index is 8.69. The molecular weight excluding hydrogens is 268 g/mol. The van der Waals surface area contributed by atoms with Crippen LogP contribution in [0.1, 0.15) is 0 Å². The standard InChI is InChI=1S/C14H12N6O/c1-21-12-9(3-2-4-10(12)17-6-5-15)13-19-11-7-16-8-18-14(11)20-13/h2-4,7-8,17H,6H2,1H3,(H,16,18,19,20). The minimum absolute atomic E-state index is 0.200. The van der Waals surface area contributed by atoms with Gasteiger partial charge < -0.3 is 15.0 Å². The molecule has 0 unspecified atom stereocenters. The van der Waals surface area contributed by atoms with Crippen LogP contribution in [-0.2, 0) is 0 Å². The van der Waals surface area contributed by atoms with Crippen LogP contribution in [-0.4, -0.2) is 33.6 Å². The van der Waals surface area contributed by atoms with Gasteiger partial charge in [-0.15, -0.1) is 0 Å². The molecule has 0 radical (unpaired) electrons. The highest BCUT2D eigenvalue weighted by Gasteiger charge is 2.14. The molecule has 1 aromatic carbocycles. The highest BCUT2D eigenvalue weighted by molar-refractivity contribution is 5.80. The van der Waals surface area contributed by atoms with E-state index in [9.17, 15) is 0 Å². The Morgan fingerprint density at radius 2 is 2.33 bits per heavy atom. The van der Waals surface area contributed by atoms with E-state index in [2.05, 4.69) is 25.3 Å². The molecule has 0 aliphatic heterocycles. The number of benzene rings is 1. The fourth-order valence-corrected chi connectivity index (χ4v) is 2.11. The smallest absolute Gasteiger partial charge is 0.161 e. The number of ether oxygens (including phenoxy) is 1. The molecular formula is C14H12N6O. The molecule has 0 saturated heterocycles. The maximum atomic E-state index is 8.69. The Labute approximate surface area is 120 Å². The molecule has 3 rings (SSSR count). The first-order valence-corrected chi connectivity index (χ1v) is 6.27. The zero-order valence-electron chi connectivity index (χ0n) is 11.3. The number of aromatic amines is 1. The van der Waals surface area contributed by atoms with Crippen LogP contribution in [0.4, 0.5) is 5.69 Å². The highest BCUT2D eigenvalue weighted by Crippen LogP contribution is 2.35. The average Bonchev–Trinajstić information content (AvgIpc) is 2.96. The first-order chi connectivity index (χ1) is 10.3. The van der Waals surface area contributed by atoms with Gasteiger partial charge in [0.1, 0.15) is 24.2 Å². The predicted octanol–water partition coefficient (Wildman–Crippen LogP) is 1.96. The van der Waals surface area contributed by atoms with Crippen LogP contribution >= 0.6 is 0 Å². The lowest BCUT2D eigenvalue weighted by atomic mass is 10.1. The molecule has 104 valence electrons. The second kappa shape index (κ2) is 5.46. The summed E-state index contributed by atoms with van der Waals surface area (Å²) >= 11 is 0. The Balaban J connectivity index is 2.10. The molecule has 0 amide bonds. The van der Waals surface area contributed by atoms with E-state index in [0.717, 1.165) is 11.3 Å². The van der Waals surface area contributed by atoms with Gasteiger partial charge in [0.15, 0.2) is 11.4 Å². The minimum Gasteiger partial charge on any atom is -0.494 e. The van der Waals surface area contributed by atoms with Crippen molar-refractivity contribution in [1.82, 2.24) is 19.9 Å². The molecule has 0 bridgehead atoms. The molecule has 2 aromatic heterocycles. The Bertz CT molecular complexity index is 787. The number of nitrogens with zero attached hydrogens (tertiary/aromatic N) is 4. The zero-order valence-corrected chi connectivity index (χ0v) is 11.3. The van der Waals surface area contributed by atoms with E-state index < -0.39 is 0 Å². The number of nitriles is 1. The summed E-state index contributed by atoms with van der Waals surface area (Å²) in [6.07, 6.45) is 3.11. The highest BCUT2D eigenvalue weighted by atomic mass is 16.5. The zero-order chi connectivity index (χ0) is 14.7. The van der Waals surface area contributed by atoms with Crippen LogP contribution in [0.25, 0.3) is 22.6 Å². The number of aromatic nitrogens is 4.